The van der Waals surface area contributed by atoms with E-state index in [4.69, 9.17) is 9.52 Å². The van der Waals surface area contributed by atoms with Gasteiger partial charge in [-0.05, 0) is 43.2 Å². The summed E-state index contributed by atoms with van der Waals surface area (Å²) in [7, 11) is 0. The Balaban J connectivity index is 1.31. The van der Waals surface area contributed by atoms with Crippen LogP contribution in [0.1, 0.15) is 34.8 Å². The van der Waals surface area contributed by atoms with Crippen molar-refractivity contribution in [2.45, 2.75) is 25.3 Å². The first-order valence-corrected chi connectivity index (χ1v) is 9.99. The molecule has 1 aliphatic carbocycles. The van der Waals surface area contributed by atoms with Crippen LogP contribution in [0.5, 0.6) is 0 Å². The molecule has 3 heterocycles. The summed E-state index contributed by atoms with van der Waals surface area (Å²) in [6.45, 7) is 0.872. The second-order valence-corrected chi connectivity index (χ2v) is 7.41. The molecule has 7 nitrogen and oxygen atoms in total. The number of amides is 1. The average molecular weight is 400 g/mol. The van der Waals surface area contributed by atoms with Crippen LogP contribution in [0.3, 0.4) is 0 Å². The highest BCUT2D eigenvalue weighted by Gasteiger charge is 2.28. The molecule has 0 atom stereocenters. The molecule has 0 spiro atoms. The standard InChI is InChI=1S/C23H20N4O3/c28-22(17-13-16-5-1-2-7-21(16)30-23(17)29)25-11-12-27-20(15-8-9-15)14-19(26-27)18-6-3-4-10-24-18/h1-7,10,13-15H,8-9,11-12H2,(H,25,28). The van der Waals surface area contributed by atoms with Gasteiger partial charge in [0.1, 0.15) is 16.8 Å². The molecule has 1 aromatic carbocycles. The van der Waals surface area contributed by atoms with E-state index in [0.29, 0.717) is 30.0 Å². The van der Waals surface area contributed by atoms with Crippen molar-refractivity contribution in [2.75, 3.05) is 6.54 Å². The lowest BCUT2D eigenvalue weighted by atomic mass is 10.2. The fourth-order valence-corrected chi connectivity index (χ4v) is 3.55. The molecule has 5 rings (SSSR count). The molecule has 0 saturated heterocycles. The summed E-state index contributed by atoms with van der Waals surface area (Å²) in [6, 6.07) is 16.5. The van der Waals surface area contributed by atoms with Crippen LogP contribution in [0.15, 0.2) is 70.0 Å². The van der Waals surface area contributed by atoms with Gasteiger partial charge in [-0.3, -0.25) is 14.5 Å². The minimum absolute atomic E-state index is 0.00533. The summed E-state index contributed by atoms with van der Waals surface area (Å²) in [4.78, 5) is 29.1. The first-order chi connectivity index (χ1) is 14.7. The summed E-state index contributed by atoms with van der Waals surface area (Å²) in [5.41, 5.74) is 2.66. The second-order valence-electron chi connectivity index (χ2n) is 7.41. The second kappa shape index (κ2) is 7.59. The minimum atomic E-state index is -0.638. The summed E-state index contributed by atoms with van der Waals surface area (Å²) in [5.74, 6) is 0.0674. The van der Waals surface area contributed by atoms with Crippen LogP contribution < -0.4 is 10.9 Å². The van der Waals surface area contributed by atoms with Crippen molar-refractivity contribution >= 4 is 16.9 Å². The van der Waals surface area contributed by atoms with Gasteiger partial charge in [-0.15, -0.1) is 0 Å². The third-order valence-corrected chi connectivity index (χ3v) is 5.23. The van der Waals surface area contributed by atoms with Gasteiger partial charge >= 0.3 is 5.63 Å². The third-order valence-electron chi connectivity index (χ3n) is 5.23. The Hall–Kier alpha value is -3.74. The van der Waals surface area contributed by atoms with Crippen LogP contribution in [0.25, 0.3) is 22.4 Å². The zero-order valence-electron chi connectivity index (χ0n) is 16.2. The Morgan fingerprint density at radius 2 is 1.93 bits per heavy atom. The maximum atomic E-state index is 12.5. The highest BCUT2D eigenvalue weighted by molar-refractivity contribution is 5.96. The Morgan fingerprint density at radius 3 is 2.73 bits per heavy atom. The van der Waals surface area contributed by atoms with E-state index >= 15 is 0 Å². The summed E-state index contributed by atoms with van der Waals surface area (Å²) in [5, 5.41) is 8.22. The highest BCUT2D eigenvalue weighted by atomic mass is 16.4. The van der Waals surface area contributed by atoms with Crippen LogP contribution in [-0.2, 0) is 6.54 Å². The molecule has 1 fully saturated rings. The smallest absolute Gasteiger partial charge is 0.349 e. The Kier molecular flexibility index (Phi) is 4.63. The van der Waals surface area contributed by atoms with Gasteiger partial charge < -0.3 is 9.73 Å². The van der Waals surface area contributed by atoms with Crippen molar-refractivity contribution in [3.05, 3.63) is 82.5 Å². The number of nitrogens with one attached hydrogen (secondary N) is 1. The van der Waals surface area contributed by atoms with Crippen molar-refractivity contribution in [3.63, 3.8) is 0 Å². The lowest BCUT2D eigenvalue weighted by molar-refractivity contribution is 0.0948. The maximum Gasteiger partial charge on any atom is 0.349 e. The predicted molar refractivity (Wildman–Crippen MR) is 112 cm³/mol. The number of fused-ring (bicyclic) bond motifs is 1. The van der Waals surface area contributed by atoms with Crippen LogP contribution >= 0.6 is 0 Å². The zero-order valence-corrected chi connectivity index (χ0v) is 16.2. The summed E-state index contributed by atoms with van der Waals surface area (Å²) < 4.78 is 7.18. The average Bonchev–Trinajstić information content (AvgIpc) is 3.53. The molecule has 3 aromatic heterocycles. The van der Waals surface area contributed by atoms with Crippen molar-refractivity contribution in [1.82, 2.24) is 20.1 Å². The Morgan fingerprint density at radius 1 is 1.10 bits per heavy atom. The van der Waals surface area contributed by atoms with E-state index in [9.17, 15) is 9.59 Å². The van der Waals surface area contributed by atoms with Crippen LogP contribution in [0.2, 0.25) is 0 Å². The largest absolute Gasteiger partial charge is 0.422 e. The zero-order chi connectivity index (χ0) is 20.5. The van der Waals surface area contributed by atoms with Crippen molar-refractivity contribution in [2.24, 2.45) is 0 Å². The topological polar surface area (TPSA) is 90.0 Å². The van der Waals surface area contributed by atoms with Gasteiger partial charge in [0.15, 0.2) is 0 Å². The molecular formula is C23H20N4O3. The van der Waals surface area contributed by atoms with E-state index < -0.39 is 11.5 Å². The number of aromatic nitrogens is 3. The van der Waals surface area contributed by atoms with Crippen LogP contribution in [0.4, 0.5) is 0 Å². The van der Waals surface area contributed by atoms with Crippen molar-refractivity contribution in [3.8, 4) is 11.4 Å². The van der Waals surface area contributed by atoms with Crippen LogP contribution in [-0.4, -0.2) is 27.2 Å². The molecule has 0 unspecified atom stereocenters. The Labute approximate surface area is 172 Å². The SMILES string of the molecule is O=C(NCCn1nc(-c2ccccn2)cc1C1CC1)c1cc2ccccc2oc1=O. The summed E-state index contributed by atoms with van der Waals surface area (Å²) >= 11 is 0. The molecule has 1 amide bonds. The monoisotopic (exact) mass is 400 g/mol. The number of carbonyl (C=O) groups is 1. The number of para-hydroxylation sites is 1. The Bertz CT molecular complexity index is 1270. The normalized spacial score (nSPS) is 13.5. The number of pyridine rings is 1. The molecule has 0 aliphatic heterocycles. The maximum absolute atomic E-state index is 12.5. The van der Waals surface area contributed by atoms with Gasteiger partial charge in [-0.25, -0.2) is 4.79 Å². The molecule has 30 heavy (non-hydrogen) atoms. The third kappa shape index (κ3) is 3.61. The molecule has 0 radical (unpaired) electrons. The molecule has 4 aromatic rings. The fourth-order valence-electron chi connectivity index (χ4n) is 3.55. The van der Waals surface area contributed by atoms with Gasteiger partial charge in [0.25, 0.3) is 5.91 Å². The highest BCUT2D eigenvalue weighted by Crippen LogP contribution is 2.41. The molecule has 1 N–H and O–H groups in total. The molecule has 0 bridgehead atoms. The van der Waals surface area contributed by atoms with E-state index in [1.54, 1.807) is 30.5 Å². The number of rotatable bonds is 6. The molecule has 1 aliphatic rings. The number of carbonyl (C=O) groups excluding carboxylic acids is 1. The van der Waals surface area contributed by atoms with E-state index in [1.165, 1.54) is 0 Å². The van der Waals surface area contributed by atoms with Gasteiger partial charge in [-0.1, -0.05) is 24.3 Å². The number of hydrogen-bond acceptors (Lipinski definition) is 5. The fraction of sp³-hybridized carbons (Fsp3) is 0.217. The van der Waals surface area contributed by atoms with E-state index in [0.717, 1.165) is 29.9 Å². The molecule has 1 saturated carbocycles. The number of benzene rings is 1. The lowest BCUT2D eigenvalue weighted by Crippen LogP contribution is -2.31. The minimum Gasteiger partial charge on any atom is -0.422 e. The first-order valence-electron chi connectivity index (χ1n) is 9.99. The number of nitrogens with zero attached hydrogens (tertiary/aromatic N) is 3. The first kappa shape index (κ1) is 18.3. The van der Waals surface area contributed by atoms with Crippen molar-refractivity contribution in [1.29, 1.82) is 0 Å². The van der Waals surface area contributed by atoms with Gasteiger partial charge in [-0.2, -0.15) is 5.10 Å². The van der Waals surface area contributed by atoms with Gasteiger partial charge in [0, 0.05) is 29.7 Å². The van der Waals surface area contributed by atoms with Crippen molar-refractivity contribution < 1.29 is 9.21 Å². The molecular weight excluding hydrogens is 380 g/mol. The predicted octanol–water partition coefficient (Wildman–Crippen LogP) is 3.36. The molecule has 7 heteroatoms. The van der Waals surface area contributed by atoms with E-state index in [1.807, 2.05) is 28.9 Å². The summed E-state index contributed by atoms with van der Waals surface area (Å²) in [6.07, 6.45) is 4.05. The van der Waals surface area contributed by atoms with Crippen LogP contribution in [0, 0.1) is 0 Å². The quantitative estimate of drug-likeness (QED) is 0.501. The van der Waals surface area contributed by atoms with Gasteiger partial charge in [0.2, 0.25) is 0 Å². The lowest BCUT2D eigenvalue weighted by Gasteiger charge is -2.08. The van der Waals surface area contributed by atoms with E-state index in [-0.39, 0.29) is 5.56 Å². The number of hydrogen-bond donors (Lipinski definition) is 1. The van der Waals surface area contributed by atoms with Gasteiger partial charge in [0.05, 0.1) is 12.2 Å². The van der Waals surface area contributed by atoms with E-state index in [2.05, 4.69) is 16.4 Å². The molecule has 150 valence electrons.